The van der Waals surface area contributed by atoms with Gasteiger partial charge >= 0.3 is 0 Å². The summed E-state index contributed by atoms with van der Waals surface area (Å²) in [5.41, 5.74) is 0.523. The summed E-state index contributed by atoms with van der Waals surface area (Å²) in [6.45, 7) is 0. The molecule has 2 heterocycles. The fraction of sp³-hybridized carbons (Fsp3) is 0.154. The SMILES string of the molecule is Cn1ccnc1SCc1nc2c(Br)cc(Br)cc2c(=O)[nH]1. The lowest BCUT2D eigenvalue weighted by molar-refractivity contribution is 0.789. The summed E-state index contributed by atoms with van der Waals surface area (Å²) in [6, 6.07) is 3.64. The molecule has 0 saturated heterocycles. The maximum absolute atomic E-state index is 12.2. The van der Waals surface area contributed by atoms with Crippen molar-refractivity contribution >= 4 is 54.5 Å². The van der Waals surface area contributed by atoms with Crippen LogP contribution in [0.2, 0.25) is 0 Å². The van der Waals surface area contributed by atoms with E-state index in [2.05, 4.69) is 46.8 Å². The van der Waals surface area contributed by atoms with Crippen LogP contribution in [0.4, 0.5) is 0 Å². The number of thioether (sulfide) groups is 1. The predicted molar refractivity (Wildman–Crippen MR) is 90.5 cm³/mol. The van der Waals surface area contributed by atoms with Gasteiger partial charge in [-0.25, -0.2) is 9.97 Å². The number of imidazole rings is 1. The standard InChI is InChI=1S/C13H10Br2N4OS/c1-19-3-2-16-13(19)21-6-10-17-11-8(12(20)18-10)4-7(14)5-9(11)15/h2-5H,6H2,1H3,(H,17,18,20). The fourth-order valence-electron chi connectivity index (χ4n) is 1.91. The molecule has 21 heavy (non-hydrogen) atoms. The molecule has 5 nitrogen and oxygen atoms in total. The Kier molecular flexibility index (Phi) is 4.19. The number of hydrogen-bond acceptors (Lipinski definition) is 4. The lowest BCUT2D eigenvalue weighted by Gasteiger charge is -2.05. The van der Waals surface area contributed by atoms with Crippen molar-refractivity contribution in [2.24, 2.45) is 7.05 Å². The highest BCUT2D eigenvalue weighted by Gasteiger charge is 2.09. The minimum Gasteiger partial charge on any atom is -0.329 e. The molecule has 0 aliphatic carbocycles. The van der Waals surface area contributed by atoms with Gasteiger partial charge in [0.15, 0.2) is 5.16 Å². The Morgan fingerprint density at radius 1 is 1.38 bits per heavy atom. The van der Waals surface area contributed by atoms with E-state index in [1.807, 2.05) is 23.9 Å². The first-order valence-electron chi connectivity index (χ1n) is 6.02. The van der Waals surface area contributed by atoms with Crippen molar-refractivity contribution in [3.05, 3.63) is 49.7 Å². The van der Waals surface area contributed by atoms with E-state index in [9.17, 15) is 4.79 Å². The average molecular weight is 430 g/mol. The van der Waals surface area contributed by atoms with Crippen LogP contribution in [0.5, 0.6) is 0 Å². The number of rotatable bonds is 3. The number of hydrogen-bond donors (Lipinski definition) is 1. The number of H-pyrrole nitrogens is 1. The lowest BCUT2D eigenvalue weighted by atomic mass is 10.2. The van der Waals surface area contributed by atoms with Gasteiger partial charge in [-0.15, -0.1) is 0 Å². The van der Waals surface area contributed by atoms with Gasteiger partial charge < -0.3 is 9.55 Å². The van der Waals surface area contributed by atoms with Crippen LogP contribution < -0.4 is 5.56 Å². The van der Waals surface area contributed by atoms with Crippen LogP contribution in [0, 0.1) is 0 Å². The van der Waals surface area contributed by atoms with Crippen molar-refractivity contribution in [1.29, 1.82) is 0 Å². The Balaban J connectivity index is 1.97. The largest absolute Gasteiger partial charge is 0.329 e. The lowest BCUT2D eigenvalue weighted by Crippen LogP contribution is -2.11. The van der Waals surface area contributed by atoms with Gasteiger partial charge in [0.25, 0.3) is 5.56 Å². The number of fused-ring (bicyclic) bond motifs is 1. The first-order valence-corrected chi connectivity index (χ1v) is 8.60. The number of aryl methyl sites for hydroxylation is 1. The van der Waals surface area contributed by atoms with Crippen molar-refractivity contribution < 1.29 is 0 Å². The fourth-order valence-corrected chi connectivity index (χ4v) is 4.02. The normalized spacial score (nSPS) is 11.2. The Bertz CT molecular complexity index is 874. The van der Waals surface area contributed by atoms with Crippen LogP contribution >= 0.6 is 43.6 Å². The summed E-state index contributed by atoms with van der Waals surface area (Å²) in [7, 11) is 1.93. The zero-order valence-electron chi connectivity index (χ0n) is 10.9. The highest BCUT2D eigenvalue weighted by atomic mass is 79.9. The molecule has 0 saturated carbocycles. The van der Waals surface area contributed by atoms with Gasteiger partial charge in [-0.2, -0.15) is 0 Å². The Hall–Kier alpha value is -1.12. The Labute approximate surface area is 141 Å². The minimum atomic E-state index is -0.141. The molecular formula is C13H10Br2N4OS. The topological polar surface area (TPSA) is 63.6 Å². The van der Waals surface area contributed by atoms with E-state index in [-0.39, 0.29) is 5.56 Å². The highest BCUT2D eigenvalue weighted by Crippen LogP contribution is 2.26. The van der Waals surface area contributed by atoms with Crippen LogP contribution in [0.1, 0.15) is 5.82 Å². The number of halogens is 2. The van der Waals surface area contributed by atoms with E-state index >= 15 is 0 Å². The zero-order chi connectivity index (χ0) is 15.0. The smallest absolute Gasteiger partial charge is 0.258 e. The molecule has 0 amide bonds. The van der Waals surface area contributed by atoms with Crippen molar-refractivity contribution in [3.8, 4) is 0 Å². The quantitative estimate of drug-likeness (QED) is 0.647. The summed E-state index contributed by atoms with van der Waals surface area (Å²) in [6.07, 6.45) is 3.63. The third-order valence-corrected chi connectivity index (χ3v) is 5.02. The zero-order valence-corrected chi connectivity index (χ0v) is 14.9. The number of benzene rings is 1. The molecular weight excluding hydrogens is 420 g/mol. The first kappa shape index (κ1) is 14.8. The number of nitrogens with one attached hydrogen (secondary N) is 1. The summed E-state index contributed by atoms with van der Waals surface area (Å²) < 4.78 is 3.56. The first-order chi connectivity index (χ1) is 10.0. The maximum Gasteiger partial charge on any atom is 0.258 e. The van der Waals surface area contributed by atoms with Gasteiger partial charge in [0, 0.05) is 28.4 Å². The number of nitrogens with zero attached hydrogens (tertiary/aromatic N) is 3. The van der Waals surface area contributed by atoms with Crippen LogP contribution in [-0.4, -0.2) is 19.5 Å². The summed E-state index contributed by atoms with van der Waals surface area (Å²) in [5, 5.41) is 1.44. The summed E-state index contributed by atoms with van der Waals surface area (Å²) >= 11 is 8.35. The van der Waals surface area contributed by atoms with Gasteiger partial charge in [0.2, 0.25) is 0 Å². The molecule has 1 aromatic carbocycles. The molecule has 0 atom stereocenters. The van der Waals surface area contributed by atoms with E-state index in [0.717, 1.165) is 14.1 Å². The second kappa shape index (κ2) is 5.94. The van der Waals surface area contributed by atoms with Gasteiger partial charge in [0.05, 0.1) is 16.7 Å². The minimum absolute atomic E-state index is 0.141. The molecule has 0 aliphatic rings. The van der Waals surface area contributed by atoms with Crippen LogP contribution in [0.25, 0.3) is 10.9 Å². The second-order valence-electron chi connectivity index (χ2n) is 4.41. The molecule has 0 radical (unpaired) electrons. The molecule has 0 bridgehead atoms. The van der Waals surface area contributed by atoms with E-state index in [4.69, 9.17) is 0 Å². The van der Waals surface area contributed by atoms with Crippen LogP contribution in [0.3, 0.4) is 0 Å². The molecule has 0 aliphatic heterocycles. The molecule has 3 rings (SSSR count). The van der Waals surface area contributed by atoms with E-state index in [0.29, 0.717) is 22.5 Å². The molecule has 3 aromatic rings. The van der Waals surface area contributed by atoms with Crippen LogP contribution in [-0.2, 0) is 12.8 Å². The molecule has 0 fully saturated rings. The highest BCUT2D eigenvalue weighted by molar-refractivity contribution is 9.11. The molecule has 0 unspecified atom stereocenters. The maximum atomic E-state index is 12.2. The Morgan fingerprint density at radius 2 is 2.19 bits per heavy atom. The average Bonchev–Trinajstić information content (AvgIpc) is 2.83. The summed E-state index contributed by atoms with van der Waals surface area (Å²) in [5.74, 6) is 1.18. The predicted octanol–water partition coefficient (Wildman–Crippen LogP) is 3.47. The van der Waals surface area contributed by atoms with Gasteiger partial charge in [-0.1, -0.05) is 27.7 Å². The van der Waals surface area contributed by atoms with Gasteiger partial charge in [0.1, 0.15) is 5.82 Å². The summed E-state index contributed by atoms with van der Waals surface area (Å²) in [4.78, 5) is 23.7. The number of aromatic nitrogens is 4. The third kappa shape index (κ3) is 3.07. The van der Waals surface area contributed by atoms with Crippen LogP contribution in [0.15, 0.2) is 43.4 Å². The van der Waals surface area contributed by atoms with Crippen molar-refractivity contribution in [2.75, 3.05) is 0 Å². The monoisotopic (exact) mass is 428 g/mol. The van der Waals surface area contributed by atoms with E-state index < -0.39 is 0 Å². The molecule has 2 aromatic heterocycles. The molecule has 0 spiro atoms. The second-order valence-corrected chi connectivity index (χ2v) is 7.12. The van der Waals surface area contributed by atoms with E-state index in [1.165, 1.54) is 11.8 Å². The molecule has 108 valence electrons. The van der Waals surface area contributed by atoms with Crippen molar-refractivity contribution in [1.82, 2.24) is 19.5 Å². The van der Waals surface area contributed by atoms with Gasteiger partial charge in [-0.3, -0.25) is 4.79 Å². The van der Waals surface area contributed by atoms with Crippen molar-refractivity contribution in [2.45, 2.75) is 10.9 Å². The van der Waals surface area contributed by atoms with Crippen molar-refractivity contribution in [3.63, 3.8) is 0 Å². The van der Waals surface area contributed by atoms with E-state index in [1.54, 1.807) is 12.3 Å². The molecule has 8 heteroatoms. The molecule has 1 N–H and O–H groups in total. The van der Waals surface area contributed by atoms with Gasteiger partial charge in [-0.05, 0) is 28.1 Å². The number of aromatic amines is 1. The Morgan fingerprint density at radius 3 is 2.90 bits per heavy atom. The third-order valence-electron chi connectivity index (χ3n) is 2.89.